The molecular weight excluding hydrogens is 226 g/mol. The molecule has 0 aliphatic carbocycles. The third kappa shape index (κ3) is 2.04. The van der Waals surface area contributed by atoms with Crippen LogP contribution in [0.15, 0.2) is 24.5 Å². The second-order valence-corrected chi connectivity index (χ2v) is 4.30. The minimum Gasteiger partial charge on any atom is -0.498 e. The zero-order valence-corrected chi connectivity index (χ0v) is 9.84. The maximum absolute atomic E-state index is 11.7. The summed E-state index contributed by atoms with van der Waals surface area (Å²) in [6.07, 6.45) is 1.55. The zero-order chi connectivity index (χ0) is 11.7. The quantitative estimate of drug-likeness (QED) is 0.634. The number of nitrogens with one attached hydrogen (secondary N) is 1. The van der Waals surface area contributed by atoms with Crippen molar-refractivity contribution >= 4 is 28.8 Å². The van der Waals surface area contributed by atoms with Crippen LogP contribution in [0.4, 0.5) is 5.69 Å². The van der Waals surface area contributed by atoms with Crippen LogP contribution in [0, 0.1) is 0 Å². The number of rotatable bonds is 2. The Labute approximate surface area is 99.1 Å². The maximum atomic E-state index is 11.7. The summed E-state index contributed by atoms with van der Waals surface area (Å²) in [7, 11) is 0. The van der Waals surface area contributed by atoms with Gasteiger partial charge in [-0.1, -0.05) is 17.7 Å². The zero-order valence-electron chi connectivity index (χ0n) is 9.08. The van der Waals surface area contributed by atoms with Crippen LogP contribution in [0.25, 0.3) is 5.57 Å². The standard InChI is InChI=1S/C12H12ClNO2/c1-7(2)16-6-10-9-4-3-8(13)5-11(9)14-12(10)15/h3-7H,1-2H3,(H,14,15)/b10-6+. The first kappa shape index (κ1) is 11.0. The molecule has 1 heterocycles. The summed E-state index contributed by atoms with van der Waals surface area (Å²) in [5.41, 5.74) is 2.10. The fourth-order valence-corrected chi connectivity index (χ4v) is 1.66. The third-order valence-electron chi connectivity index (χ3n) is 2.22. The predicted octanol–water partition coefficient (Wildman–Crippen LogP) is 3.06. The number of benzene rings is 1. The summed E-state index contributed by atoms with van der Waals surface area (Å²) in [5, 5.41) is 3.34. The Balaban J connectivity index is 2.36. The topological polar surface area (TPSA) is 38.3 Å². The van der Waals surface area contributed by atoms with Crippen molar-refractivity contribution in [1.82, 2.24) is 0 Å². The lowest BCUT2D eigenvalue weighted by Gasteiger charge is -2.04. The molecule has 0 radical (unpaired) electrons. The van der Waals surface area contributed by atoms with Crippen LogP contribution < -0.4 is 5.32 Å². The molecule has 1 N–H and O–H groups in total. The molecule has 0 atom stereocenters. The van der Waals surface area contributed by atoms with E-state index >= 15 is 0 Å². The van der Waals surface area contributed by atoms with Crippen molar-refractivity contribution < 1.29 is 9.53 Å². The van der Waals surface area contributed by atoms with Gasteiger partial charge in [-0.05, 0) is 26.0 Å². The molecule has 1 aliphatic heterocycles. The van der Waals surface area contributed by atoms with Crippen molar-refractivity contribution in [2.24, 2.45) is 0 Å². The molecule has 0 unspecified atom stereocenters. The van der Waals surface area contributed by atoms with E-state index in [4.69, 9.17) is 16.3 Å². The molecule has 4 heteroatoms. The number of fused-ring (bicyclic) bond motifs is 1. The second kappa shape index (κ2) is 4.18. The van der Waals surface area contributed by atoms with E-state index in [1.807, 2.05) is 19.9 Å². The fourth-order valence-electron chi connectivity index (χ4n) is 1.49. The number of carbonyl (C=O) groups excluding carboxylic acids is 1. The highest BCUT2D eigenvalue weighted by Gasteiger charge is 2.24. The van der Waals surface area contributed by atoms with E-state index < -0.39 is 0 Å². The van der Waals surface area contributed by atoms with Gasteiger partial charge in [-0.2, -0.15) is 0 Å². The van der Waals surface area contributed by atoms with Gasteiger partial charge in [-0.15, -0.1) is 0 Å². The van der Waals surface area contributed by atoms with Crippen molar-refractivity contribution in [2.45, 2.75) is 20.0 Å². The number of anilines is 1. The van der Waals surface area contributed by atoms with Gasteiger partial charge in [0.05, 0.1) is 23.6 Å². The van der Waals surface area contributed by atoms with Gasteiger partial charge in [-0.3, -0.25) is 4.79 Å². The molecule has 84 valence electrons. The highest BCUT2D eigenvalue weighted by Crippen LogP contribution is 2.33. The van der Waals surface area contributed by atoms with Gasteiger partial charge in [0.1, 0.15) is 0 Å². The van der Waals surface area contributed by atoms with Crippen molar-refractivity contribution in [3.63, 3.8) is 0 Å². The first-order chi connectivity index (χ1) is 7.58. The van der Waals surface area contributed by atoms with Crippen molar-refractivity contribution in [2.75, 3.05) is 5.32 Å². The largest absolute Gasteiger partial charge is 0.498 e. The van der Waals surface area contributed by atoms with Crippen LogP contribution in [0.5, 0.6) is 0 Å². The van der Waals surface area contributed by atoms with Gasteiger partial charge >= 0.3 is 0 Å². The molecule has 1 aromatic rings. The van der Waals surface area contributed by atoms with Crippen LogP contribution in [-0.2, 0) is 9.53 Å². The lowest BCUT2D eigenvalue weighted by molar-refractivity contribution is -0.110. The summed E-state index contributed by atoms with van der Waals surface area (Å²) < 4.78 is 5.33. The molecule has 2 rings (SSSR count). The van der Waals surface area contributed by atoms with Gasteiger partial charge in [0.15, 0.2) is 0 Å². The highest BCUT2D eigenvalue weighted by molar-refractivity contribution is 6.34. The van der Waals surface area contributed by atoms with Gasteiger partial charge in [0.2, 0.25) is 0 Å². The predicted molar refractivity (Wildman–Crippen MR) is 64.3 cm³/mol. The van der Waals surface area contributed by atoms with E-state index in [1.165, 1.54) is 6.26 Å². The summed E-state index contributed by atoms with van der Waals surface area (Å²) in [6, 6.07) is 5.29. The molecule has 0 saturated carbocycles. The van der Waals surface area contributed by atoms with Crippen LogP contribution >= 0.6 is 11.6 Å². The molecule has 16 heavy (non-hydrogen) atoms. The summed E-state index contributed by atoms with van der Waals surface area (Å²) in [6.45, 7) is 3.82. The Morgan fingerprint density at radius 3 is 2.88 bits per heavy atom. The first-order valence-corrected chi connectivity index (χ1v) is 5.42. The number of carbonyl (C=O) groups is 1. The number of hydrogen-bond acceptors (Lipinski definition) is 2. The van der Waals surface area contributed by atoms with Crippen LogP contribution in [0.3, 0.4) is 0 Å². The Morgan fingerprint density at radius 2 is 2.19 bits per heavy atom. The van der Waals surface area contributed by atoms with E-state index in [0.29, 0.717) is 10.6 Å². The first-order valence-electron chi connectivity index (χ1n) is 5.05. The molecule has 0 spiro atoms. The lowest BCUT2D eigenvalue weighted by atomic mass is 10.1. The number of hydrogen-bond donors (Lipinski definition) is 1. The molecule has 0 saturated heterocycles. The molecule has 1 aromatic carbocycles. The number of ether oxygens (including phenoxy) is 1. The molecular formula is C12H12ClNO2. The van der Waals surface area contributed by atoms with E-state index in [2.05, 4.69) is 5.32 Å². The number of amides is 1. The number of halogens is 1. The van der Waals surface area contributed by atoms with Crippen molar-refractivity contribution in [3.05, 3.63) is 35.0 Å². The van der Waals surface area contributed by atoms with Gasteiger partial charge < -0.3 is 10.1 Å². The monoisotopic (exact) mass is 237 g/mol. The SMILES string of the molecule is CC(C)O/C=C1/C(=O)Nc2cc(Cl)ccc21. The van der Waals surface area contributed by atoms with E-state index in [9.17, 15) is 4.79 Å². The summed E-state index contributed by atoms with van der Waals surface area (Å²) in [4.78, 5) is 11.7. The van der Waals surface area contributed by atoms with E-state index in [0.717, 1.165) is 11.3 Å². The van der Waals surface area contributed by atoms with E-state index in [-0.39, 0.29) is 12.0 Å². The van der Waals surface area contributed by atoms with Crippen molar-refractivity contribution in [3.8, 4) is 0 Å². The van der Waals surface area contributed by atoms with Gasteiger partial charge in [-0.25, -0.2) is 0 Å². The second-order valence-electron chi connectivity index (χ2n) is 3.86. The Morgan fingerprint density at radius 1 is 1.44 bits per heavy atom. The maximum Gasteiger partial charge on any atom is 0.259 e. The minimum atomic E-state index is -0.155. The van der Waals surface area contributed by atoms with E-state index in [1.54, 1.807) is 12.1 Å². The third-order valence-corrected chi connectivity index (χ3v) is 2.46. The fraction of sp³-hybridized carbons (Fsp3) is 0.250. The van der Waals surface area contributed by atoms with Crippen LogP contribution in [0.1, 0.15) is 19.4 Å². The van der Waals surface area contributed by atoms with Crippen molar-refractivity contribution in [1.29, 1.82) is 0 Å². The Bertz CT molecular complexity index is 466. The van der Waals surface area contributed by atoms with Crippen LogP contribution in [0.2, 0.25) is 5.02 Å². The molecule has 0 fully saturated rings. The minimum absolute atomic E-state index is 0.0525. The Kier molecular flexibility index (Phi) is 2.88. The van der Waals surface area contributed by atoms with Gasteiger partial charge in [0.25, 0.3) is 5.91 Å². The molecule has 1 amide bonds. The normalized spacial score (nSPS) is 16.5. The smallest absolute Gasteiger partial charge is 0.259 e. The highest BCUT2D eigenvalue weighted by atomic mass is 35.5. The average Bonchev–Trinajstić information content (AvgIpc) is 2.50. The molecule has 3 nitrogen and oxygen atoms in total. The lowest BCUT2D eigenvalue weighted by Crippen LogP contribution is -2.05. The summed E-state index contributed by atoms with van der Waals surface area (Å²) in [5.74, 6) is -0.155. The molecule has 0 aromatic heterocycles. The molecule has 1 aliphatic rings. The molecule has 0 bridgehead atoms. The average molecular weight is 238 g/mol. The summed E-state index contributed by atoms with van der Waals surface area (Å²) >= 11 is 5.84. The van der Waals surface area contributed by atoms with Gasteiger partial charge in [0, 0.05) is 10.6 Å². The van der Waals surface area contributed by atoms with Crippen LogP contribution in [-0.4, -0.2) is 12.0 Å². The Hall–Kier alpha value is -1.48.